The van der Waals surface area contributed by atoms with E-state index in [0.717, 1.165) is 12.0 Å². The van der Waals surface area contributed by atoms with Crippen LogP contribution >= 0.6 is 0 Å². The summed E-state index contributed by atoms with van der Waals surface area (Å²) in [7, 11) is 0. The fraction of sp³-hybridized carbons (Fsp3) is 0.444. The number of nitrogens with one attached hydrogen (secondary N) is 1. The SMILES string of the molecule is O=C(CCC[C@H](NC(=O)c1ccc(F)cc1)C(=O)N1CCOCC1)CC1C[C@H]1c1ccc(F)cc1. The predicted octanol–water partition coefficient (Wildman–Crippen LogP) is 3.86. The number of ether oxygens (including phenoxy) is 1. The van der Waals surface area contributed by atoms with Gasteiger partial charge in [-0.1, -0.05) is 12.1 Å². The van der Waals surface area contributed by atoms with Crippen molar-refractivity contribution in [2.75, 3.05) is 26.3 Å². The molecule has 1 aliphatic heterocycles. The molecular formula is C27H30F2N2O4. The third kappa shape index (κ3) is 6.94. The van der Waals surface area contributed by atoms with Crippen LogP contribution in [0.2, 0.25) is 0 Å². The number of amides is 2. The number of benzene rings is 2. The highest BCUT2D eigenvalue weighted by Crippen LogP contribution is 2.49. The van der Waals surface area contributed by atoms with E-state index in [1.54, 1.807) is 17.0 Å². The molecule has 2 aliphatic rings. The predicted molar refractivity (Wildman–Crippen MR) is 126 cm³/mol. The molecule has 2 aromatic rings. The Kier molecular flexibility index (Phi) is 8.23. The van der Waals surface area contributed by atoms with Gasteiger partial charge in [0.15, 0.2) is 0 Å². The van der Waals surface area contributed by atoms with Gasteiger partial charge in [-0.3, -0.25) is 14.4 Å². The van der Waals surface area contributed by atoms with E-state index >= 15 is 0 Å². The first kappa shape index (κ1) is 25.0. The Balaban J connectivity index is 1.29. The molecule has 0 aromatic heterocycles. The number of Topliss-reactive ketones (excluding diaryl/α,β-unsaturated/α-hetero) is 1. The van der Waals surface area contributed by atoms with E-state index in [1.165, 1.54) is 36.4 Å². The number of ketones is 1. The normalized spacial score (nSPS) is 20.2. The van der Waals surface area contributed by atoms with Crippen molar-refractivity contribution in [3.8, 4) is 0 Å². The first-order valence-corrected chi connectivity index (χ1v) is 12.1. The molecule has 4 rings (SSSR count). The monoisotopic (exact) mass is 484 g/mol. The lowest BCUT2D eigenvalue weighted by Crippen LogP contribution is -2.51. The maximum atomic E-state index is 13.2. The molecular weight excluding hydrogens is 454 g/mol. The van der Waals surface area contributed by atoms with Gasteiger partial charge in [-0.05, 0) is 73.1 Å². The number of morpholine rings is 1. The summed E-state index contributed by atoms with van der Waals surface area (Å²) in [6, 6.07) is 10.8. The second kappa shape index (κ2) is 11.5. The Bertz CT molecular complexity index is 1040. The van der Waals surface area contributed by atoms with Gasteiger partial charge in [0.2, 0.25) is 5.91 Å². The highest BCUT2D eigenvalue weighted by Gasteiger charge is 2.39. The van der Waals surface area contributed by atoms with E-state index in [-0.39, 0.29) is 29.0 Å². The molecule has 2 fully saturated rings. The molecule has 3 atom stereocenters. The molecule has 1 saturated carbocycles. The van der Waals surface area contributed by atoms with Gasteiger partial charge in [-0.25, -0.2) is 8.78 Å². The van der Waals surface area contributed by atoms with Crippen LogP contribution in [0.25, 0.3) is 0 Å². The number of halogens is 2. The van der Waals surface area contributed by atoms with Crippen LogP contribution in [0, 0.1) is 17.6 Å². The van der Waals surface area contributed by atoms with Gasteiger partial charge in [0.05, 0.1) is 13.2 Å². The Labute approximate surface area is 203 Å². The number of hydrogen-bond acceptors (Lipinski definition) is 4. The number of nitrogens with zero attached hydrogens (tertiary/aromatic N) is 1. The minimum atomic E-state index is -0.772. The summed E-state index contributed by atoms with van der Waals surface area (Å²) in [5.74, 6) is -0.671. The van der Waals surface area contributed by atoms with Gasteiger partial charge in [0.1, 0.15) is 23.5 Å². The summed E-state index contributed by atoms with van der Waals surface area (Å²) >= 11 is 0. The molecule has 0 spiro atoms. The first-order chi connectivity index (χ1) is 16.9. The molecule has 8 heteroatoms. The largest absolute Gasteiger partial charge is 0.378 e. The summed E-state index contributed by atoms with van der Waals surface area (Å²) < 4.78 is 31.6. The molecule has 1 saturated heterocycles. The van der Waals surface area contributed by atoms with Crippen molar-refractivity contribution < 1.29 is 27.9 Å². The Hall–Kier alpha value is -3.13. The molecule has 0 bridgehead atoms. The van der Waals surface area contributed by atoms with Crippen LogP contribution in [0.3, 0.4) is 0 Å². The van der Waals surface area contributed by atoms with Crippen LogP contribution in [0.1, 0.15) is 53.9 Å². The van der Waals surface area contributed by atoms with Crippen LogP contribution < -0.4 is 5.32 Å². The minimum absolute atomic E-state index is 0.127. The lowest BCUT2D eigenvalue weighted by molar-refractivity contribution is -0.137. The second-order valence-corrected chi connectivity index (χ2v) is 9.26. The quantitative estimate of drug-likeness (QED) is 0.556. The molecule has 1 aliphatic carbocycles. The topological polar surface area (TPSA) is 75.7 Å². The molecule has 6 nitrogen and oxygen atoms in total. The maximum absolute atomic E-state index is 13.2. The summed E-state index contributed by atoms with van der Waals surface area (Å²) in [5, 5.41) is 2.77. The van der Waals surface area contributed by atoms with Crippen molar-refractivity contribution in [2.24, 2.45) is 5.92 Å². The fourth-order valence-corrected chi connectivity index (χ4v) is 4.59. The van der Waals surface area contributed by atoms with Crippen molar-refractivity contribution >= 4 is 17.6 Å². The van der Waals surface area contributed by atoms with Gasteiger partial charge < -0.3 is 15.0 Å². The highest BCUT2D eigenvalue weighted by molar-refractivity contribution is 5.97. The molecule has 2 amide bonds. The minimum Gasteiger partial charge on any atom is -0.378 e. The Morgan fingerprint density at radius 3 is 2.26 bits per heavy atom. The summed E-state index contributed by atoms with van der Waals surface area (Å²) in [4.78, 5) is 40.0. The summed E-state index contributed by atoms with van der Waals surface area (Å²) in [6.45, 7) is 1.79. The fourth-order valence-electron chi connectivity index (χ4n) is 4.59. The zero-order chi connectivity index (χ0) is 24.8. The van der Waals surface area contributed by atoms with Crippen molar-refractivity contribution in [3.05, 3.63) is 71.3 Å². The molecule has 2 aromatic carbocycles. The van der Waals surface area contributed by atoms with E-state index in [4.69, 9.17) is 4.74 Å². The summed E-state index contributed by atoms with van der Waals surface area (Å²) in [6.07, 6.45) is 2.51. The van der Waals surface area contributed by atoms with Crippen LogP contribution in [-0.4, -0.2) is 54.8 Å². The maximum Gasteiger partial charge on any atom is 0.251 e. The van der Waals surface area contributed by atoms with E-state index in [2.05, 4.69) is 5.32 Å². The molecule has 0 radical (unpaired) electrons. The van der Waals surface area contributed by atoms with Crippen molar-refractivity contribution in [3.63, 3.8) is 0 Å². The van der Waals surface area contributed by atoms with Crippen molar-refractivity contribution in [1.82, 2.24) is 10.2 Å². The number of hydrogen-bond donors (Lipinski definition) is 1. The van der Waals surface area contributed by atoms with E-state index < -0.39 is 17.8 Å². The van der Waals surface area contributed by atoms with E-state index in [1.807, 2.05) is 0 Å². The zero-order valence-electron chi connectivity index (χ0n) is 19.6. The zero-order valence-corrected chi connectivity index (χ0v) is 19.6. The van der Waals surface area contributed by atoms with Crippen molar-refractivity contribution in [1.29, 1.82) is 0 Å². The van der Waals surface area contributed by atoms with Gasteiger partial charge in [0, 0.05) is 31.5 Å². The molecule has 35 heavy (non-hydrogen) atoms. The highest BCUT2D eigenvalue weighted by atomic mass is 19.1. The Morgan fingerprint density at radius 2 is 1.60 bits per heavy atom. The van der Waals surface area contributed by atoms with E-state index in [9.17, 15) is 23.2 Å². The van der Waals surface area contributed by atoms with Gasteiger partial charge in [-0.2, -0.15) is 0 Å². The third-order valence-electron chi connectivity index (χ3n) is 6.69. The lowest BCUT2D eigenvalue weighted by Gasteiger charge is -2.30. The Morgan fingerprint density at radius 1 is 0.971 bits per heavy atom. The van der Waals surface area contributed by atoms with E-state index in [0.29, 0.717) is 57.9 Å². The van der Waals surface area contributed by atoms with Crippen LogP contribution in [0.5, 0.6) is 0 Å². The van der Waals surface area contributed by atoms with Crippen LogP contribution in [0.15, 0.2) is 48.5 Å². The third-order valence-corrected chi connectivity index (χ3v) is 6.69. The molecule has 1 N–H and O–H groups in total. The first-order valence-electron chi connectivity index (χ1n) is 12.1. The second-order valence-electron chi connectivity index (χ2n) is 9.26. The molecule has 1 unspecified atom stereocenters. The standard InChI is InChI=1S/C27H30F2N2O4/c28-21-8-4-18(5-9-21)24-17-20(24)16-23(32)2-1-3-25(27(34)31-12-14-35-15-13-31)30-26(33)19-6-10-22(29)11-7-19/h4-11,20,24-25H,1-3,12-17H2,(H,30,33)/t20?,24-,25-/m0/s1. The number of rotatable bonds is 10. The average Bonchev–Trinajstić information content (AvgIpc) is 3.63. The van der Waals surface area contributed by atoms with Crippen molar-refractivity contribution in [2.45, 2.75) is 44.1 Å². The van der Waals surface area contributed by atoms with Gasteiger partial charge in [-0.15, -0.1) is 0 Å². The summed E-state index contributed by atoms with van der Waals surface area (Å²) in [5.41, 5.74) is 1.33. The van der Waals surface area contributed by atoms with Crippen LogP contribution in [0.4, 0.5) is 8.78 Å². The molecule has 186 valence electrons. The lowest BCUT2D eigenvalue weighted by atomic mass is 10.0. The van der Waals surface area contributed by atoms with Gasteiger partial charge in [0.25, 0.3) is 5.91 Å². The molecule has 1 heterocycles. The number of carbonyl (C=O) groups excluding carboxylic acids is 3. The average molecular weight is 485 g/mol. The van der Waals surface area contributed by atoms with Gasteiger partial charge >= 0.3 is 0 Å². The smallest absolute Gasteiger partial charge is 0.251 e. The van der Waals surface area contributed by atoms with Crippen LogP contribution in [-0.2, 0) is 14.3 Å². The number of carbonyl (C=O) groups is 3.